The summed E-state index contributed by atoms with van der Waals surface area (Å²) in [5, 5.41) is 21.8. The minimum Gasteiger partial charge on any atom is -0.296 e. The predicted molar refractivity (Wildman–Crippen MR) is 52.4 cm³/mol. The zero-order chi connectivity index (χ0) is 11.8. The lowest BCUT2D eigenvalue weighted by Gasteiger charge is -2.02. The van der Waals surface area contributed by atoms with Crippen molar-refractivity contribution in [1.29, 1.82) is 0 Å². The van der Waals surface area contributed by atoms with E-state index in [9.17, 15) is 8.42 Å². The Balaban J connectivity index is 2.63. The van der Waals surface area contributed by atoms with Crippen LogP contribution in [0.1, 0.15) is 6.92 Å². The normalized spacial score (nSPS) is 11.9. The van der Waals surface area contributed by atoms with Crippen LogP contribution in [0.2, 0.25) is 0 Å². The van der Waals surface area contributed by atoms with Crippen LogP contribution in [0.25, 0.3) is 11.5 Å². The van der Waals surface area contributed by atoms with Crippen LogP contribution < -0.4 is 5.14 Å². The lowest BCUT2D eigenvalue weighted by molar-refractivity contribution is 0.570. The van der Waals surface area contributed by atoms with E-state index in [1.54, 1.807) is 6.92 Å². The number of nitrogens with one attached hydrogen (secondary N) is 1. The van der Waals surface area contributed by atoms with E-state index in [1.165, 1.54) is 10.8 Å². The van der Waals surface area contributed by atoms with E-state index < -0.39 is 10.0 Å². The Kier molecular flexibility index (Phi) is 2.44. The molecule has 2 aromatic rings. The Morgan fingerprint density at radius 1 is 1.50 bits per heavy atom. The number of sulfonamides is 1. The summed E-state index contributed by atoms with van der Waals surface area (Å²) < 4.78 is 23.8. The summed E-state index contributed by atoms with van der Waals surface area (Å²) in [5.74, 6) is 0.306. The molecule has 9 nitrogen and oxygen atoms in total. The van der Waals surface area contributed by atoms with Crippen molar-refractivity contribution in [2.75, 3.05) is 0 Å². The van der Waals surface area contributed by atoms with Gasteiger partial charge in [-0.25, -0.2) is 13.6 Å². The lowest BCUT2D eigenvalue weighted by atomic mass is 10.4. The largest absolute Gasteiger partial charge is 0.296 e. The molecule has 2 aromatic heterocycles. The second kappa shape index (κ2) is 3.64. The van der Waals surface area contributed by atoms with Crippen LogP contribution in [0.3, 0.4) is 0 Å². The molecule has 0 fully saturated rings. The minimum absolute atomic E-state index is 0.284. The fraction of sp³-hybridized carbons (Fsp3) is 0.333. The summed E-state index contributed by atoms with van der Waals surface area (Å²) in [5.41, 5.74) is 0.407. The molecule has 0 aliphatic heterocycles. The first-order chi connectivity index (χ1) is 7.54. The van der Waals surface area contributed by atoms with Gasteiger partial charge in [0.1, 0.15) is 5.69 Å². The molecule has 0 radical (unpaired) electrons. The van der Waals surface area contributed by atoms with Gasteiger partial charge in [0.15, 0.2) is 5.82 Å². The van der Waals surface area contributed by atoms with E-state index in [4.69, 9.17) is 5.14 Å². The summed E-state index contributed by atoms with van der Waals surface area (Å²) in [6.07, 6.45) is 1.42. The van der Waals surface area contributed by atoms with Gasteiger partial charge in [0.2, 0.25) is 0 Å². The second-order valence-corrected chi connectivity index (χ2v) is 4.41. The third-order valence-corrected chi connectivity index (χ3v) is 2.74. The number of nitrogens with two attached hydrogens (primary N) is 1. The number of aromatic amines is 1. The molecule has 3 N–H and O–H groups in total. The Morgan fingerprint density at radius 3 is 2.75 bits per heavy atom. The molecule has 0 saturated heterocycles. The van der Waals surface area contributed by atoms with Crippen molar-refractivity contribution in [2.24, 2.45) is 5.14 Å². The quantitative estimate of drug-likeness (QED) is 0.690. The highest BCUT2D eigenvalue weighted by Crippen LogP contribution is 2.16. The average molecular weight is 243 g/mol. The van der Waals surface area contributed by atoms with Crippen LogP contribution in [0.5, 0.6) is 0 Å². The van der Waals surface area contributed by atoms with E-state index in [0.717, 1.165) is 0 Å². The van der Waals surface area contributed by atoms with Crippen molar-refractivity contribution in [3.63, 3.8) is 0 Å². The highest BCUT2D eigenvalue weighted by atomic mass is 32.2. The molecule has 10 heteroatoms. The Bertz CT molecular complexity index is 584. The lowest BCUT2D eigenvalue weighted by Crippen LogP contribution is -2.18. The van der Waals surface area contributed by atoms with Gasteiger partial charge >= 0.3 is 0 Å². The van der Waals surface area contributed by atoms with Crippen LogP contribution in [-0.4, -0.2) is 38.6 Å². The van der Waals surface area contributed by atoms with Crippen LogP contribution in [0.15, 0.2) is 11.4 Å². The van der Waals surface area contributed by atoms with Gasteiger partial charge in [0.25, 0.3) is 15.2 Å². The van der Waals surface area contributed by atoms with Gasteiger partial charge in [-0.2, -0.15) is 15.4 Å². The average Bonchev–Trinajstić information content (AvgIpc) is 2.84. The fourth-order valence-electron chi connectivity index (χ4n) is 1.28. The van der Waals surface area contributed by atoms with Crippen molar-refractivity contribution in [1.82, 2.24) is 30.2 Å². The first kappa shape index (κ1) is 10.7. The monoisotopic (exact) mass is 243 g/mol. The molecule has 0 aliphatic carbocycles. The molecular formula is C6H9N7O2S. The molecule has 2 heterocycles. The zero-order valence-corrected chi connectivity index (χ0v) is 9.14. The SMILES string of the molecule is CCn1c(-c2cn[nH]n2)nnc1S(N)(=O)=O. The van der Waals surface area contributed by atoms with Crippen molar-refractivity contribution < 1.29 is 8.42 Å². The number of aromatic nitrogens is 6. The molecule has 0 unspecified atom stereocenters. The molecule has 0 spiro atoms. The number of nitrogens with zero attached hydrogens (tertiary/aromatic N) is 5. The van der Waals surface area contributed by atoms with E-state index >= 15 is 0 Å². The minimum atomic E-state index is -3.88. The van der Waals surface area contributed by atoms with Crippen LogP contribution in [-0.2, 0) is 16.6 Å². The highest BCUT2D eigenvalue weighted by Gasteiger charge is 2.21. The van der Waals surface area contributed by atoms with E-state index in [-0.39, 0.29) is 5.16 Å². The van der Waals surface area contributed by atoms with Crippen LogP contribution in [0, 0.1) is 0 Å². The highest BCUT2D eigenvalue weighted by molar-refractivity contribution is 7.89. The number of hydrogen-bond donors (Lipinski definition) is 2. The number of H-pyrrole nitrogens is 1. The molecule has 0 saturated carbocycles. The standard InChI is InChI=1S/C6H9N7O2S/c1-2-13-5(4-3-8-12-9-4)10-11-6(13)16(7,14)15/h3H,2H2,1H3,(H2,7,14,15)(H,8,9,12). The van der Waals surface area contributed by atoms with E-state index in [2.05, 4.69) is 25.6 Å². The van der Waals surface area contributed by atoms with Gasteiger partial charge in [-0.3, -0.25) is 4.57 Å². The Labute approximate surface area is 90.7 Å². The van der Waals surface area contributed by atoms with Gasteiger partial charge < -0.3 is 0 Å². The number of rotatable bonds is 3. The smallest absolute Gasteiger partial charge is 0.273 e. The van der Waals surface area contributed by atoms with Crippen molar-refractivity contribution in [2.45, 2.75) is 18.6 Å². The Hall–Kier alpha value is -1.81. The first-order valence-electron chi connectivity index (χ1n) is 4.36. The zero-order valence-electron chi connectivity index (χ0n) is 8.32. The third-order valence-electron chi connectivity index (χ3n) is 1.93. The van der Waals surface area contributed by atoms with Gasteiger partial charge in [-0.05, 0) is 6.92 Å². The van der Waals surface area contributed by atoms with Crippen molar-refractivity contribution in [3.8, 4) is 11.5 Å². The van der Waals surface area contributed by atoms with E-state index in [1.807, 2.05) is 0 Å². The Morgan fingerprint density at radius 2 is 2.25 bits per heavy atom. The third kappa shape index (κ3) is 1.67. The van der Waals surface area contributed by atoms with Gasteiger partial charge in [-0.1, -0.05) is 0 Å². The topological polar surface area (TPSA) is 132 Å². The van der Waals surface area contributed by atoms with Crippen LogP contribution >= 0.6 is 0 Å². The molecule has 0 bridgehead atoms. The molecule has 86 valence electrons. The maximum Gasteiger partial charge on any atom is 0.273 e. The van der Waals surface area contributed by atoms with Gasteiger partial charge in [0.05, 0.1) is 6.20 Å². The first-order valence-corrected chi connectivity index (χ1v) is 5.90. The van der Waals surface area contributed by atoms with Gasteiger partial charge in [-0.15, -0.1) is 10.2 Å². The summed E-state index contributed by atoms with van der Waals surface area (Å²) in [6, 6.07) is 0. The molecule has 0 atom stereocenters. The summed E-state index contributed by atoms with van der Waals surface area (Å²) in [6.45, 7) is 2.11. The predicted octanol–water partition coefficient (Wildman–Crippen LogP) is -1.27. The second-order valence-electron chi connectivity index (χ2n) is 2.95. The van der Waals surface area contributed by atoms with Crippen molar-refractivity contribution in [3.05, 3.63) is 6.20 Å². The molecular weight excluding hydrogens is 234 g/mol. The molecule has 0 amide bonds. The molecule has 0 aliphatic rings. The number of primary sulfonamides is 1. The fourth-order valence-corrected chi connectivity index (χ4v) is 1.96. The summed E-state index contributed by atoms with van der Waals surface area (Å²) in [4.78, 5) is 0. The maximum atomic E-state index is 11.2. The molecule has 16 heavy (non-hydrogen) atoms. The van der Waals surface area contributed by atoms with Crippen LogP contribution in [0.4, 0.5) is 0 Å². The maximum absolute atomic E-state index is 11.2. The molecule has 2 rings (SSSR count). The van der Waals surface area contributed by atoms with Crippen molar-refractivity contribution >= 4 is 10.0 Å². The summed E-state index contributed by atoms with van der Waals surface area (Å²) >= 11 is 0. The van der Waals surface area contributed by atoms with E-state index in [0.29, 0.717) is 18.1 Å². The van der Waals surface area contributed by atoms with Gasteiger partial charge in [0, 0.05) is 6.54 Å². The number of hydrogen-bond acceptors (Lipinski definition) is 6. The molecule has 0 aromatic carbocycles. The summed E-state index contributed by atoms with van der Waals surface area (Å²) in [7, 11) is -3.88.